The maximum absolute atomic E-state index is 12.3. The van der Waals surface area contributed by atoms with Crippen molar-refractivity contribution < 1.29 is 9.53 Å². The van der Waals surface area contributed by atoms with Crippen LogP contribution in [0.3, 0.4) is 0 Å². The van der Waals surface area contributed by atoms with E-state index >= 15 is 0 Å². The Balaban J connectivity index is 2.08. The van der Waals surface area contributed by atoms with Crippen LogP contribution in [0.15, 0.2) is 0 Å². The zero-order valence-corrected chi connectivity index (χ0v) is 13.7. The van der Waals surface area contributed by atoms with Gasteiger partial charge in [-0.25, -0.2) is 4.79 Å². The van der Waals surface area contributed by atoms with Gasteiger partial charge in [-0.15, -0.1) is 0 Å². The van der Waals surface area contributed by atoms with Gasteiger partial charge < -0.3 is 15.0 Å². The number of carbonyl (C=O) groups excluding carboxylic acids is 1. The van der Waals surface area contributed by atoms with Gasteiger partial charge in [-0.2, -0.15) is 0 Å². The van der Waals surface area contributed by atoms with Gasteiger partial charge in [0, 0.05) is 19.6 Å². The molecule has 3 atom stereocenters. The molecule has 2 rings (SSSR count). The molecule has 4 heteroatoms. The second-order valence-corrected chi connectivity index (χ2v) is 7.55. The largest absolute Gasteiger partial charge is 0.444 e. The molecule has 0 radical (unpaired) electrons. The maximum atomic E-state index is 12.3. The third kappa shape index (κ3) is 2.95. The number of hydrogen-bond donors (Lipinski definition) is 1. The second-order valence-electron chi connectivity index (χ2n) is 7.55. The Morgan fingerprint density at radius 1 is 1.40 bits per heavy atom. The third-order valence-corrected chi connectivity index (χ3v) is 5.10. The highest BCUT2D eigenvalue weighted by atomic mass is 16.6. The second kappa shape index (κ2) is 5.55. The number of amides is 1. The minimum absolute atomic E-state index is 0.149. The summed E-state index contributed by atoms with van der Waals surface area (Å²) in [7, 11) is 0. The van der Waals surface area contributed by atoms with Crippen LogP contribution in [0.25, 0.3) is 0 Å². The molecule has 2 saturated heterocycles. The van der Waals surface area contributed by atoms with E-state index in [1.54, 1.807) is 0 Å². The van der Waals surface area contributed by atoms with Crippen molar-refractivity contribution >= 4 is 6.09 Å². The molecule has 0 aromatic heterocycles. The van der Waals surface area contributed by atoms with Crippen LogP contribution in [0.4, 0.5) is 4.79 Å². The van der Waals surface area contributed by atoms with E-state index in [1.807, 2.05) is 25.7 Å². The van der Waals surface area contributed by atoms with Crippen molar-refractivity contribution in [3.05, 3.63) is 0 Å². The molecular weight excluding hydrogens is 252 g/mol. The molecule has 116 valence electrons. The molecule has 0 aliphatic carbocycles. The normalized spacial score (nSPS) is 34.5. The number of nitrogens with zero attached hydrogens (tertiary/aromatic N) is 1. The smallest absolute Gasteiger partial charge is 0.410 e. The summed E-state index contributed by atoms with van der Waals surface area (Å²) in [6.45, 7) is 14.2. The summed E-state index contributed by atoms with van der Waals surface area (Å²) < 4.78 is 5.54. The van der Waals surface area contributed by atoms with Crippen molar-refractivity contribution in [1.29, 1.82) is 0 Å². The molecule has 2 fully saturated rings. The SMILES string of the molecule is CCC1CN(C(=O)OC(C)(C)C)CC(C)C12CCNC2. The van der Waals surface area contributed by atoms with Gasteiger partial charge in [-0.05, 0) is 51.0 Å². The Labute approximate surface area is 123 Å². The standard InChI is InChI=1S/C16H30N2O2/c1-6-13-10-18(14(19)20-15(3,4)5)9-12(2)16(13)7-8-17-11-16/h12-13,17H,6-11H2,1-5H3. The molecule has 1 N–H and O–H groups in total. The average Bonchev–Trinajstić information content (AvgIpc) is 2.81. The van der Waals surface area contributed by atoms with E-state index in [0.29, 0.717) is 17.3 Å². The van der Waals surface area contributed by atoms with E-state index in [2.05, 4.69) is 19.2 Å². The Kier molecular flexibility index (Phi) is 4.33. The minimum Gasteiger partial charge on any atom is -0.444 e. The van der Waals surface area contributed by atoms with Crippen molar-refractivity contribution in [2.75, 3.05) is 26.2 Å². The van der Waals surface area contributed by atoms with Crippen molar-refractivity contribution in [3.63, 3.8) is 0 Å². The molecule has 1 amide bonds. The first kappa shape index (κ1) is 15.6. The van der Waals surface area contributed by atoms with Gasteiger partial charge in [0.15, 0.2) is 0 Å². The van der Waals surface area contributed by atoms with Gasteiger partial charge in [-0.1, -0.05) is 20.3 Å². The maximum Gasteiger partial charge on any atom is 0.410 e. The topological polar surface area (TPSA) is 41.6 Å². The molecule has 20 heavy (non-hydrogen) atoms. The van der Waals surface area contributed by atoms with Crippen LogP contribution in [-0.2, 0) is 4.74 Å². The van der Waals surface area contributed by atoms with E-state index < -0.39 is 5.60 Å². The van der Waals surface area contributed by atoms with Crippen LogP contribution in [0.2, 0.25) is 0 Å². The summed E-state index contributed by atoms with van der Waals surface area (Å²) in [6.07, 6.45) is 2.23. The Hall–Kier alpha value is -0.770. The number of carbonyl (C=O) groups is 1. The Bertz CT molecular complexity index is 356. The lowest BCUT2D eigenvalue weighted by molar-refractivity contribution is -0.0296. The summed E-state index contributed by atoms with van der Waals surface area (Å²) in [6, 6.07) is 0. The van der Waals surface area contributed by atoms with Crippen LogP contribution >= 0.6 is 0 Å². The fraction of sp³-hybridized carbons (Fsp3) is 0.938. The van der Waals surface area contributed by atoms with Crippen LogP contribution in [0, 0.1) is 17.3 Å². The highest BCUT2D eigenvalue weighted by Gasteiger charge is 2.49. The summed E-state index contributed by atoms with van der Waals surface area (Å²) in [5.41, 5.74) is -0.0284. The molecule has 0 bridgehead atoms. The van der Waals surface area contributed by atoms with Gasteiger partial charge >= 0.3 is 6.09 Å². The van der Waals surface area contributed by atoms with Crippen molar-refractivity contribution in [2.24, 2.45) is 17.3 Å². The first-order valence-corrected chi connectivity index (χ1v) is 7.97. The molecule has 2 aliphatic rings. The van der Waals surface area contributed by atoms with E-state index in [0.717, 1.165) is 32.6 Å². The first-order chi connectivity index (χ1) is 9.28. The lowest BCUT2D eigenvalue weighted by Gasteiger charge is -2.49. The summed E-state index contributed by atoms with van der Waals surface area (Å²) in [5.74, 6) is 1.11. The predicted molar refractivity (Wildman–Crippen MR) is 80.7 cm³/mol. The van der Waals surface area contributed by atoms with E-state index in [4.69, 9.17) is 4.74 Å². The fourth-order valence-corrected chi connectivity index (χ4v) is 3.95. The molecule has 2 heterocycles. The lowest BCUT2D eigenvalue weighted by Crippen LogP contribution is -2.55. The molecular formula is C16H30N2O2. The van der Waals surface area contributed by atoms with E-state index in [-0.39, 0.29) is 6.09 Å². The van der Waals surface area contributed by atoms with Crippen LogP contribution in [0.5, 0.6) is 0 Å². The average molecular weight is 282 g/mol. The number of rotatable bonds is 1. The summed E-state index contributed by atoms with van der Waals surface area (Å²) >= 11 is 0. The van der Waals surface area contributed by atoms with E-state index in [1.165, 1.54) is 6.42 Å². The predicted octanol–water partition coefficient (Wildman–Crippen LogP) is 2.88. The van der Waals surface area contributed by atoms with Gasteiger partial charge in [0.25, 0.3) is 0 Å². The molecule has 4 nitrogen and oxygen atoms in total. The van der Waals surface area contributed by atoms with Gasteiger partial charge in [0.05, 0.1) is 0 Å². The highest BCUT2D eigenvalue weighted by molar-refractivity contribution is 5.68. The van der Waals surface area contributed by atoms with Crippen molar-refractivity contribution in [3.8, 4) is 0 Å². The third-order valence-electron chi connectivity index (χ3n) is 5.10. The minimum atomic E-state index is -0.411. The lowest BCUT2D eigenvalue weighted by atomic mass is 9.63. The zero-order valence-electron chi connectivity index (χ0n) is 13.7. The number of nitrogens with one attached hydrogen (secondary N) is 1. The molecule has 3 unspecified atom stereocenters. The van der Waals surface area contributed by atoms with E-state index in [9.17, 15) is 4.79 Å². The first-order valence-electron chi connectivity index (χ1n) is 7.97. The Morgan fingerprint density at radius 3 is 2.60 bits per heavy atom. The number of hydrogen-bond acceptors (Lipinski definition) is 3. The van der Waals surface area contributed by atoms with Crippen LogP contribution in [-0.4, -0.2) is 42.8 Å². The summed E-state index contributed by atoms with van der Waals surface area (Å²) in [4.78, 5) is 14.2. The Morgan fingerprint density at radius 2 is 2.10 bits per heavy atom. The number of ether oxygens (including phenoxy) is 1. The molecule has 2 aliphatic heterocycles. The van der Waals surface area contributed by atoms with Gasteiger partial charge in [-0.3, -0.25) is 0 Å². The van der Waals surface area contributed by atoms with Crippen molar-refractivity contribution in [2.45, 2.75) is 53.1 Å². The summed E-state index contributed by atoms with van der Waals surface area (Å²) in [5, 5.41) is 3.53. The van der Waals surface area contributed by atoms with Gasteiger partial charge in [0.1, 0.15) is 5.60 Å². The van der Waals surface area contributed by atoms with Crippen molar-refractivity contribution in [1.82, 2.24) is 10.2 Å². The van der Waals surface area contributed by atoms with Crippen LogP contribution < -0.4 is 5.32 Å². The quantitative estimate of drug-likeness (QED) is 0.804. The molecule has 0 aromatic carbocycles. The number of piperidine rings is 1. The zero-order chi connectivity index (χ0) is 15.0. The molecule has 0 saturated carbocycles. The molecule has 1 spiro atoms. The van der Waals surface area contributed by atoms with Gasteiger partial charge in [0.2, 0.25) is 0 Å². The number of likely N-dealkylation sites (tertiary alicyclic amines) is 1. The molecule has 0 aromatic rings. The highest BCUT2D eigenvalue weighted by Crippen LogP contribution is 2.46. The monoisotopic (exact) mass is 282 g/mol. The fourth-order valence-electron chi connectivity index (χ4n) is 3.95. The van der Waals surface area contributed by atoms with Crippen LogP contribution in [0.1, 0.15) is 47.5 Å².